The van der Waals surface area contributed by atoms with Crippen molar-refractivity contribution >= 4 is 0 Å². The largest absolute Gasteiger partial charge is 0.421 e. The zero-order valence-corrected chi connectivity index (χ0v) is 10.4. The molecule has 0 saturated heterocycles. The van der Waals surface area contributed by atoms with Crippen LogP contribution in [0.25, 0.3) is 0 Å². The topological polar surface area (TPSA) is 22.0 Å². The Balaban J connectivity index is 3.35. The predicted molar refractivity (Wildman–Crippen MR) is 59.9 cm³/mol. The van der Waals surface area contributed by atoms with Crippen molar-refractivity contribution in [2.24, 2.45) is 5.41 Å². The fraction of sp³-hybridized carbons (Fsp3) is 0.583. The van der Waals surface area contributed by atoms with Gasteiger partial charge in [0, 0.05) is 12.7 Å². The van der Waals surface area contributed by atoms with Crippen LogP contribution in [0.5, 0.6) is 0 Å². The molecule has 5 heteroatoms. The van der Waals surface area contributed by atoms with E-state index in [2.05, 4.69) is 0 Å². The summed E-state index contributed by atoms with van der Waals surface area (Å²) >= 11 is 0. The zero-order valence-electron chi connectivity index (χ0n) is 10.4. The van der Waals surface area contributed by atoms with Crippen molar-refractivity contribution in [2.75, 3.05) is 0 Å². The number of nitrogens with zero attached hydrogens (tertiary/aromatic N) is 1. The average Bonchev–Trinajstić information content (AvgIpc) is 2.06. The SMILES string of the molecule is Cc1cc(C(F)(F)F)c(=O)n(CC(C)(C)C)c1. The van der Waals surface area contributed by atoms with Crippen LogP contribution >= 0.6 is 0 Å². The smallest absolute Gasteiger partial charge is 0.314 e. The summed E-state index contributed by atoms with van der Waals surface area (Å²) in [5.74, 6) is 0. The first-order valence-corrected chi connectivity index (χ1v) is 5.29. The molecule has 1 aromatic heterocycles. The molecule has 0 aliphatic carbocycles. The first-order valence-electron chi connectivity index (χ1n) is 5.29. The molecular formula is C12H16F3NO. The maximum Gasteiger partial charge on any atom is 0.421 e. The Hall–Kier alpha value is -1.26. The van der Waals surface area contributed by atoms with Gasteiger partial charge in [-0.25, -0.2) is 0 Å². The molecule has 1 rings (SSSR count). The molecule has 0 atom stereocenters. The van der Waals surface area contributed by atoms with Gasteiger partial charge in [-0.2, -0.15) is 13.2 Å². The maximum atomic E-state index is 12.6. The number of halogens is 3. The zero-order chi connectivity index (χ0) is 13.4. The first-order chi connectivity index (χ1) is 7.50. The van der Waals surface area contributed by atoms with E-state index in [9.17, 15) is 18.0 Å². The van der Waals surface area contributed by atoms with Crippen LogP contribution in [0.4, 0.5) is 13.2 Å². The number of rotatable bonds is 1. The van der Waals surface area contributed by atoms with Gasteiger partial charge in [-0.15, -0.1) is 0 Å². The van der Waals surface area contributed by atoms with Crippen molar-refractivity contribution in [3.05, 3.63) is 33.7 Å². The Morgan fingerprint density at radius 3 is 2.18 bits per heavy atom. The minimum atomic E-state index is -4.59. The number of aryl methyl sites for hydroxylation is 1. The van der Waals surface area contributed by atoms with Crippen LogP contribution in [-0.2, 0) is 12.7 Å². The first kappa shape index (κ1) is 13.8. The van der Waals surface area contributed by atoms with Gasteiger partial charge in [0.1, 0.15) is 5.56 Å². The van der Waals surface area contributed by atoms with Gasteiger partial charge in [0.25, 0.3) is 5.56 Å². The highest BCUT2D eigenvalue weighted by Crippen LogP contribution is 2.27. The summed E-state index contributed by atoms with van der Waals surface area (Å²) in [4.78, 5) is 11.7. The van der Waals surface area contributed by atoms with E-state index in [1.54, 1.807) is 6.92 Å². The minimum absolute atomic E-state index is 0.250. The molecule has 0 bridgehead atoms. The van der Waals surface area contributed by atoms with Crippen molar-refractivity contribution in [1.29, 1.82) is 0 Å². The summed E-state index contributed by atoms with van der Waals surface area (Å²) in [5.41, 5.74) is -1.89. The molecule has 0 N–H and O–H groups in total. The highest BCUT2D eigenvalue weighted by Gasteiger charge is 2.35. The standard InChI is InChI=1S/C12H16F3NO/c1-8-5-9(12(13,14)15)10(17)16(6-8)7-11(2,3)4/h5-6H,7H2,1-4H3. The van der Waals surface area contributed by atoms with Crippen molar-refractivity contribution in [3.8, 4) is 0 Å². The highest BCUT2D eigenvalue weighted by atomic mass is 19.4. The lowest BCUT2D eigenvalue weighted by molar-refractivity contribution is -0.139. The Labute approximate surface area is 98.1 Å². The van der Waals surface area contributed by atoms with Crippen LogP contribution in [0.1, 0.15) is 31.9 Å². The summed E-state index contributed by atoms with van der Waals surface area (Å²) in [6.07, 6.45) is -3.13. The third-order valence-corrected chi connectivity index (χ3v) is 2.17. The van der Waals surface area contributed by atoms with E-state index in [0.29, 0.717) is 5.56 Å². The lowest BCUT2D eigenvalue weighted by Gasteiger charge is -2.21. The van der Waals surface area contributed by atoms with Crippen LogP contribution in [0.15, 0.2) is 17.1 Å². The van der Waals surface area contributed by atoms with Crippen molar-refractivity contribution in [2.45, 2.75) is 40.4 Å². The number of aromatic nitrogens is 1. The summed E-state index contributed by atoms with van der Waals surface area (Å²) in [6.45, 7) is 7.42. The van der Waals surface area contributed by atoms with Gasteiger partial charge in [-0.05, 0) is 24.0 Å². The fourth-order valence-corrected chi connectivity index (χ4v) is 1.62. The molecule has 96 valence electrons. The highest BCUT2D eigenvalue weighted by molar-refractivity contribution is 5.20. The van der Waals surface area contributed by atoms with Crippen LogP contribution in [0.3, 0.4) is 0 Å². The Morgan fingerprint density at radius 2 is 1.76 bits per heavy atom. The second-order valence-electron chi connectivity index (χ2n) is 5.42. The van der Waals surface area contributed by atoms with Crippen molar-refractivity contribution < 1.29 is 13.2 Å². The number of hydrogen-bond donors (Lipinski definition) is 0. The van der Waals surface area contributed by atoms with Gasteiger partial charge < -0.3 is 4.57 Å². The molecule has 0 aromatic carbocycles. The molecule has 17 heavy (non-hydrogen) atoms. The molecule has 0 fully saturated rings. The van der Waals surface area contributed by atoms with Crippen LogP contribution in [0.2, 0.25) is 0 Å². The molecule has 0 unspecified atom stereocenters. The van der Waals surface area contributed by atoms with Gasteiger partial charge in [-0.1, -0.05) is 20.8 Å². The van der Waals surface area contributed by atoms with E-state index in [4.69, 9.17) is 0 Å². The summed E-state index contributed by atoms with van der Waals surface area (Å²) in [5, 5.41) is 0. The molecule has 1 heterocycles. The van der Waals surface area contributed by atoms with Crippen molar-refractivity contribution in [3.63, 3.8) is 0 Å². The molecule has 0 spiro atoms. The third-order valence-electron chi connectivity index (χ3n) is 2.17. The van der Waals surface area contributed by atoms with Gasteiger partial charge >= 0.3 is 6.18 Å². The van der Waals surface area contributed by atoms with E-state index < -0.39 is 17.3 Å². The van der Waals surface area contributed by atoms with Crippen LogP contribution in [-0.4, -0.2) is 4.57 Å². The molecule has 0 aliphatic rings. The second-order valence-corrected chi connectivity index (χ2v) is 5.42. The van der Waals surface area contributed by atoms with E-state index in [-0.39, 0.29) is 12.0 Å². The number of alkyl halides is 3. The Morgan fingerprint density at radius 1 is 1.24 bits per heavy atom. The quantitative estimate of drug-likeness (QED) is 0.746. The van der Waals surface area contributed by atoms with Gasteiger partial charge in [0.15, 0.2) is 0 Å². The average molecular weight is 247 g/mol. The van der Waals surface area contributed by atoms with E-state index in [1.165, 1.54) is 6.20 Å². The fourth-order valence-electron chi connectivity index (χ4n) is 1.62. The second kappa shape index (κ2) is 4.20. The molecule has 0 aliphatic heterocycles. The molecule has 2 nitrogen and oxygen atoms in total. The monoisotopic (exact) mass is 247 g/mol. The predicted octanol–water partition coefficient (Wildman–Crippen LogP) is 3.22. The Kier molecular flexibility index (Phi) is 3.41. The maximum absolute atomic E-state index is 12.6. The molecular weight excluding hydrogens is 231 g/mol. The summed E-state index contributed by atoms with van der Waals surface area (Å²) < 4.78 is 39.0. The molecule has 0 amide bonds. The lowest BCUT2D eigenvalue weighted by Crippen LogP contribution is -2.32. The van der Waals surface area contributed by atoms with E-state index in [1.807, 2.05) is 20.8 Å². The lowest BCUT2D eigenvalue weighted by atomic mass is 9.96. The number of pyridine rings is 1. The Bertz CT molecular complexity index is 466. The molecule has 0 radical (unpaired) electrons. The molecule has 0 saturated carbocycles. The van der Waals surface area contributed by atoms with E-state index >= 15 is 0 Å². The summed E-state index contributed by atoms with van der Waals surface area (Å²) in [6, 6.07) is 0.890. The van der Waals surface area contributed by atoms with Gasteiger partial charge in [0.05, 0.1) is 0 Å². The van der Waals surface area contributed by atoms with Crippen molar-refractivity contribution in [1.82, 2.24) is 4.57 Å². The summed E-state index contributed by atoms with van der Waals surface area (Å²) in [7, 11) is 0. The van der Waals surface area contributed by atoms with Gasteiger partial charge in [-0.3, -0.25) is 4.79 Å². The minimum Gasteiger partial charge on any atom is -0.314 e. The van der Waals surface area contributed by atoms with Crippen LogP contribution in [0, 0.1) is 12.3 Å². The number of hydrogen-bond acceptors (Lipinski definition) is 1. The van der Waals surface area contributed by atoms with Crippen LogP contribution < -0.4 is 5.56 Å². The molecule has 1 aromatic rings. The van der Waals surface area contributed by atoms with E-state index in [0.717, 1.165) is 10.6 Å². The normalized spacial score (nSPS) is 12.9. The van der Waals surface area contributed by atoms with Gasteiger partial charge in [0.2, 0.25) is 0 Å². The third kappa shape index (κ3) is 3.61.